The fourth-order valence-electron chi connectivity index (χ4n) is 3.95. The number of benzene rings is 4. The predicted octanol–water partition coefficient (Wildman–Crippen LogP) is 1.06. The van der Waals surface area contributed by atoms with Gasteiger partial charge in [-0.1, -0.05) is 97.1 Å². The molecule has 4 aromatic carbocycles. The molecule has 0 N–H and O–H groups in total. The minimum Gasteiger partial charge on any atom is -0.872 e. The van der Waals surface area contributed by atoms with Crippen molar-refractivity contribution < 1.29 is 111 Å². The van der Waals surface area contributed by atoms with Crippen molar-refractivity contribution >= 4 is 36.8 Å². The van der Waals surface area contributed by atoms with Gasteiger partial charge in [0.1, 0.15) is 0 Å². The van der Waals surface area contributed by atoms with E-state index in [2.05, 4.69) is 20.0 Å². The smallest absolute Gasteiger partial charge is 0.872 e. The van der Waals surface area contributed by atoms with Gasteiger partial charge >= 0.3 is 61.4 Å². The molecule has 0 aliphatic carbocycles. The molecule has 1 fully saturated rings. The van der Waals surface area contributed by atoms with Gasteiger partial charge in [0.05, 0.1) is 26.4 Å². The Bertz CT molecular complexity index is 1570. The van der Waals surface area contributed by atoms with Gasteiger partial charge in [-0.05, 0) is 48.9 Å². The maximum absolute atomic E-state index is 11.4. The van der Waals surface area contributed by atoms with Crippen LogP contribution >= 0.6 is 0 Å². The van der Waals surface area contributed by atoms with Crippen molar-refractivity contribution in [2.24, 2.45) is 20.0 Å². The number of aliphatic carboxylic acids is 2. The molecule has 59 heavy (non-hydrogen) atoms. The summed E-state index contributed by atoms with van der Waals surface area (Å²) in [5, 5.41) is 63.5. The number of carbonyl (C=O) groups is 2. The van der Waals surface area contributed by atoms with E-state index in [4.69, 9.17) is 29.3 Å². The molecule has 0 bridgehead atoms. The molecule has 5 rings (SSSR count). The quantitative estimate of drug-likeness (QED) is 0.111. The van der Waals surface area contributed by atoms with Crippen LogP contribution in [0.3, 0.4) is 0 Å². The van der Waals surface area contributed by atoms with Gasteiger partial charge in [0.25, 0.3) is 0 Å². The maximum Gasteiger partial charge on any atom is 2.00 e. The molecule has 0 unspecified atom stereocenters. The monoisotopic (exact) mass is 1010 g/mol. The van der Waals surface area contributed by atoms with Crippen molar-refractivity contribution in [2.45, 2.75) is 26.7 Å². The van der Waals surface area contributed by atoms with Crippen LogP contribution in [-0.2, 0) is 80.5 Å². The number of carboxylic acids is 2. The molecule has 0 spiro atoms. The number of rotatable bonds is 12. The van der Waals surface area contributed by atoms with Crippen LogP contribution in [0.4, 0.5) is 0 Å². The van der Waals surface area contributed by atoms with Gasteiger partial charge < -0.3 is 49.7 Å². The van der Waals surface area contributed by atoms with Crippen molar-refractivity contribution in [3.63, 3.8) is 0 Å². The summed E-state index contributed by atoms with van der Waals surface area (Å²) in [6.07, 6.45) is 7.93. The Hall–Kier alpha value is -4.42. The van der Waals surface area contributed by atoms with Gasteiger partial charge in [0, 0.05) is 63.0 Å². The molecule has 0 atom stereocenters. The van der Waals surface area contributed by atoms with Crippen molar-refractivity contribution in [1.29, 1.82) is 0 Å². The topological polar surface area (TPSA) is 240 Å². The second-order valence-electron chi connectivity index (χ2n) is 11.2. The molecule has 1 heterocycles. The summed E-state index contributed by atoms with van der Waals surface area (Å²) in [5.41, 5.74) is 2.39. The zero-order valence-corrected chi connectivity index (χ0v) is 38.7. The summed E-state index contributed by atoms with van der Waals surface area (Å²) in [6.45, 7) is 7.46. The van der Waals surface area contributed by atoms with Gasteiger partial charge in [0.2, 0.25) is 0 Å². The average Bonchev–Trinajstić information content (AvgIpc) is 3.17. The summed E-state index contributed by atoms with van der Waals surface area (Å²) < 4.78 is 9.89. The van der Waals surface area contributed by atoms with E-state index in [9.17, 15) is 20.4 Å². The maximum atomic E-state index is 11.4. The Morgan fingerprint density at radius 3 is 0.831 bits per heavy atom. The third kappa shape index (κ3) is 33.1. The Morgan fingerprint density at radius 2 is 0.661 bits per heavy atom. The average molecular weight is 1010 g/mol. The number of carboxylic acid groups (broad SMARTS) is 2. The molecule has 0 saturated carbocycles. The van der Waals surface area contributed by atoms with Crippen LogP contribution in [0.2, 0.25) is 0 Å². The molecule has 4 aromatic rings. The van der Waals surface area contributed by atoms with Crippen molar-refractivity contribution in [1.82, 2.24) is 0 Å². The van der Waals surface area contributed by atoms with Gasteiger partial charge in [-0.25, -0.2) is 0 Å². The summed E-state index contributed by atoms with van der Waals surface area (Å²) in [7, 11) is 0. The molecule has 1 saturated heterocycles. The van der Waals surface area contributed by atoms with E-state index in [1.165, 1.54) is 24.3 Å². The fourth-order valence-corrected chi connectivity index (χ4v) is 3.95. The zero-order valence-electron chi connectivity index (χ0n) is 32.8. The summed E-state index contributed by atoms with van der Waals surface area (Å²) >= 11 is 0. The van der Waals surface area contributed by atoms with E-state index in [-0.39, 0.29) is 84.4 Å². The number of aliphatic imine (C=N–C) groups is 4. The van der Waals surface area contributed by atoms with Crippen LogP contribution < -0.4 is 30.6 Å². The van der Waals surface area contributed by atoms with Gasteiger partial charge in [-0.2, -0.15) is 0 Å². The largest absolute Gasteiger partial charge is 2.00 e. The standard InChI is InChI=1S/2C17H18N2O2.C4H8O2.2C2H4O2.Cd.2Cu/c2*20-16-8-3-1-6-14(16)12-18-10-5-11-19-13-15-7-2-4-9-17(15)21;1-2-6-4-3-5-1;2*1-2(3)4;;;/h2*1-4,6-9,12-13,20-21H,5,10-11H2;1-4H2;2*1H3,(H,3,4);;;/q;;;;;3*+2/p-6. The number of ether oxygens (including phenoxy) is 2. The van der Waals surface area contributed by atoms with Crippen molar-refractivity contribution in [3.8, 4) is 23.0 Å². The van der Waals surface area contributed by atoms with Crippen molar-refractivity contribution in [3.05, 3.63) is 119 Å². The fraction of sp³-hybridized carbons (Fsp3) is 0.286. The van der Waals surface area contributed by atoms with Gasteiger partial charge in [-0.15, -0.1) is 23.0 Å². The minimum absolute atomic E-state index is 0. The van der Waals surface area contributed by atoms with Crippen LogP contribution in [0.5, 0.6) is 23.0 Å². The number of hydrogen-bond acceptors (Lipinski definition) is 14. The molecule has 1 aliphatic heterocycles. The van der Waals surface area contributed by atoms with E-state index in [1.54, 1.807) is 73.4 Å². The first-order chi connectivity index (χ1) is 27.0. The van der Waals surface area contributed by atoms with E-state index in [0.29, 0.717) is 48.4 Å². The van der Waals surface area contributed by atoms with Gasteiger partial charge in [-0.3, -0.25) is 20.0 Å². The van der Waals surface area contributed by atoms with Crippen LogP contribution in [-0.4, -0.2) is 89.4 Å². The van der Waals surface area contributed by atoms with Crippen LogP contribution in [0.25, 0.3) is 0 Å². The second-order valence-corrected chi connectivity index (χ2v) is 11.2. The summed E-state index contributed by atoms with van der Waals surface area (Å²) in [4.78, 5) is 34.6. The molecule has 17 heteroatoms. The molecular formula is C42H46CdCu2N4O10. The summed E-state index contributed by atoms with van der Waals surface area (Å²) in [6, 6.07) is 27.2. The summed E-state index contributed by atoms with van der Waals surface area (Å²) in [5.74, 6) is -2.25. The molecule has 0 amide bonds. The first-order valence-corrected chi connectivity index (χ1v) is 17.5. The first kappa shape index (κ1) is 58.9. The number of nitrogens with zero attached hydrogens (tertiary/aromatic N) is 4. The molecule has 14 nitrogen and oxygen atoms in total. The molecule has 318 valence electrons. The number of para-hydroxylation sites is 4. The second kappa shape index (κ2) is 39.1. The Kier molecular flexibility index (Phi) is 39.0. The molecule has 2 radical (unpaired) electrons. The van der Waals surface area contributed by atoms with E-state index >= 15 is 0 Å². The SMILES string of the molecule is C1COCCO1.CC(=O)[O-].CC(=O)[O-].[Cd+2].[Cu+2].[Cu+2].[O-]c1ccccc1C=NCCCN=Cc1ccccc1[O-].[O-]c1ccccc1C=NCCCN=Cc1ccccc1[O-]. The number of carbonyl (C=O) groups excluding carboxylic acids is 2. The van der Waals surface area contributed by atoms with Crippen LogP contribution in [0.1, 0.15) is 48.9 Å². The third-order valence-electron chi connectivity index (χ3n) is 6.49. The minimum atomic E-state index is -1.08. The van der Waals surface area contributed by atoms with E-state index < -0.39 is 11.9 Å². The molecule has 1 aliphatic rings. The van der Waals surface area contributed by atoms with Crippen LogP contribution in [0.15, 0.2) is 117 Å². The van der Waals surface area contributed by atoms with Crippen LogP contribution in [0, 0.1) is 0 Å². The predicted molar refractivity (Wildman–Crippen MR) is 206 cm³/mol. The first-order valence-electron chi connectivity index (χ1n) is 17.5. The van der Waals surface area contributed by atoms with Gasteiger partial charge in [0.15, 0.2) is 0 Å². The Labute approximate surface area is 387 Å². The third-order valence-corrected chi connectivity index (χ3v) is 6.49. The normalized spacial score (nSPS) is 11.4. The Balaban J connectivity index is -0.000000773. The molecular weight excluding hydrogens is 960 g/mol. The zero-order chi connectivity index (χ0) is 41.2. The Morgan fingerprint density at radius 1 is 0.475 bits per heavy atom. The number of hydrogen-bond donors (Lipinski definition) is 0. The van der Waals surface area contributed by atoms with Crippen molar-refractivity contribution in [2.75, 3.05) is 52.6 Å². The molecule has 0 aromatic heterocycles. The van der Waals surface area contributed by atoms with E-state index in [1.807, 2.05) is 24.3 Å². The van der Waals surface area contributed by atoms with E-state index in [0.717, 1.165) is 53.1 Å².